The summed E-state index contributed by atoms with van der Waals surface area (Å²) in [6.07, 6.45) is 0.417. The van der Waals surface area contributed by atoms with Crippen molar-refractivity contribution in [3.8, 4) is 0 Å². The Morgan fingerprint density at radius 1 is 1.24 bits per heavy atom. The summed E-state index contributed by atoms with van der Waals surface area (Å²) in [5.74, 6) is -0.486. The Morgan fingerprint density at radius 3 is 2.47 bits per heavy atom. The van der Waals surface area contributed by atoms with Gasteiger partial charge in [-0.05, 0) is 13.0 Å². The van der Waals surface area contributed by atoms with Crippen molar-refractivity contribution in [2.24, 2.45) is 0 Å². The average Bonchev–Trinajstić information content (AvgIpc) is 2.28. The fraction of sp³-hybridized carbons (Fsp3) is 0.385. The fourth-order valence-electron chi connectivity index (χ4n) is 1.44. The summed E-state index contributed by atoms with van der Waals surface area (Å²) in [6, 6.07) is 6.34. The number of halogens is 1. The van der Waals surface area contributed by atoms with Gasteiger partial charge in [0.1, 0.15) is 11.6 Å². The van der Waals surface area contributed by atoms with Gasteiger partial charge >= 0.3 is 0 Å². The molecular weight excluding hydrogens is 221 g/mol. The van der Waals surface area contributed by atoms with Crippen LogP contribution in [0.25, 0.3) is 0 Å². The zero-order valence-electron chi connectivity index (χ0n) is 10.1. The van der Waals surface area contributed by atoms with Crippen molar-refractivity contribution in [1.82, 2.24) is 4.90 Å². The van der Waals surface area contributed by atoms with Gasteiger partial charge in [0.25, 0.3) is 0 Å². The normalized spacial score (nSPS) is 10.1. The predicted octanol–water partition coefficient (Wildman–Crippen LogP) is 2.15. The SMILES string of the molecule is CC(=O)CCC(=O)N(C)Cc1ccccc1F. The van der Waals surface area contributed by atoms with E-state index in [0.29, 0.717) is 5.56 Å². The third-order valence-electron chi connectivity index (χ3n) is 2.48. The van der Waals surface area contributed by atoms with Crippen LogP contribution in [0, 0.1) is 5.82 Å². The van der Waals surface area contributed by atoms with Gasteiger partial charge in [-0.3, -0.25) is 4.79 Å². The molecule has 0 bridgehead atoms. The molecule has 0 aliphatic rings. The first-order chi connectivity index (χ1) is 8.00. The van der Waals surface area contributed by atoms with Crippen LogP contribution < -0.4 is 0 Å². The number of ketones is 1. The average molecular weight is 237 g/mol. The maximum Gasteiger partial charge on any atom is 0.223 e. The van der Waals surface area contributed by atoms with Crippen molar-refractivity contribution < 1.29 is 14.0 Å². The Bertz CT molecular complexity index is 418. The van der Waals surface area contributed by atoms with Crippen LogP contribution in [-0.2, 0) is 16.1 Å². The molecule has 0 aliphatic carbocycles. The molecule has 0 atom stereocenters. The van der Waals surface area contributed by atoms with E-state index in [4.69, 9.17) is 0 Å². The van der Waals surface area contributed by atoms with Crippen molar-refractivity contribution in [3.05, 3.63) is 35.6 Å². The summed E-state index contributed by atoms with van der Waals surface area (Å²) in [5.41, 5.74) is 0.478. The van der Waals surface area contributed by atoms with E-state index in [0.717, 1.165) is 0 Å². The molecule has 0 unspecified atom stereocenters. The van der Waals surface area contributed by atoms with Gasteiger partial charge in [-0.1, -0.05) is 18.2 Å². The molecule has 1 aromatic carbocycles. The first-order valence-electron chi connectivity index (χ1n) is 5.47. The van der Waals surface area contributed by atoms with Crippen LogP contribution in [0.1, 0.15) is 25.3 Å². The van der Waals surface area contributed by atoms with Gasteiger partial charge < -0.3 is 9.69 Å². The van der Waals surface area contributed by atoms with E-state index in [1.54, 1.807) is 25.2 Å². The van der Waals surface area contributed by atoms with Gasteiger partial charge in [-0.15, -0.1) is 0 Å². The van der Waals surface area contributed by atoms with Crippen LogP contribution in [0.3, 0.4) is 0 Å². The summed E-state index contributed by atoms with van der Waals surface area (Å²) in [7, 11) is 1.61. The lowest BCUT2D eigenvalue weighted by atomic mass is 10.2. The van der Waals surface area contributed by atoms with Crippen molar-refractivity contribution in [2.45, 2.75) is 26.3 Å². The van der Waals surface area contributed by atoms with Crippen LogP contribution in [-0.4, -0.2) is 23.6 Å². The molecule has 0 N–H and O–H groups in total. The third kappa shape index (κ3) is 4.34. The number of nitrogens with zero attached hydrogens (tertiary/aromatic N) is 1. The highest BCUT2D eigenvalue weighted by Crippen LogP contribution is 2.09. The van der Waals surface area contributed by atoms with Gasteiger partial charge in [0, 0.05) is 32.0 Å². The van der Waals surface area contributed by atoms with E-state index in [1.807, 2.05) is 0 Å². The predicted molar refractivity (Wildman–Crippen MR) is 62.8 cm³/mol. The van der Waals surface area contributed by atoms with Gasteiger partial charge in [-0.2, -0.15) is 0 Å². The quantitative estimate of drug-likeness (QED) is 0.787. The van der Waals surface area contributed by atoms with Gasteiger partial charge in [0.05, 0.1) is 0 Å². The number of Topliss-reactive ketones (excluding diaryl/α,β-unsaturated/α-hetero) is 1. The lowest BCUT2D eigenvalue weighted by Crippen LogP contribution is -2.26. The molecule has 0 saturated carbocycles. The second kappa shape index (κ2) is 6.13. The van der Waals surface area contributed by atoms with Crippen molar-refractivity contribution in [1.29, 1.82) is 0 Å². The minimum absolute atomic E-state index is 0.0161. The minimum atomic E-state index is -0.321. The molecule has 1 amide bonds. The largest absolute Gasteiger partial charge is 0.341 e. The summed E-state index contributed by atoms with van der Waals surface area (Å²) >= 11 is 0. The van der Waals surface area contributed by atoms with E-state index in [1.165, 1.54) is 17.9 Å². The Balaban J connectivity index is 2.54. The molecule has 1 aromatic rings. The third-order valence-corrected chi connectivity index (χ3v) is 2.48. The van der Waals surface area contributed by atoms with Crippen LogP contribution in [0.15, 0.2) is 24.3 Å². The monoisotopic (exact) mass is 237 g/mol. The first-order valence-corrected chi connectivity index (χ1v) is 5.47. The second-order valence-corrected chi connectivity index (χ2v) is 4.04. The number of hydrogen-bond acceptors (Lipinski definition) is 2. The Hall–Kier alpha value is -1.71. The first kappa shape index (κ1) is 13.4. The molecule has 0 saturated heterocycles. The minimum Gasteiger partial charge on any atom is -0.341 e. The number of rotatable bonds is 5. The van der Waals surface area contributed by atoms with Crippen molar-refractivity contribution >= 4 is 11.7 Å². The molecule has 17 heavy (non-hydrogen) atoms. The molecule has 0 aliphatic heterocycles. The zero-order chi connectivity index (χ0) is 12.8. The van der Waals surface area contributed by atoms with E-state index in [-0.39, 0.29) is 36.9 Å². The summed E-state index contributed by atoms with van der Waals surface area (Å²) in [6.45, 7) is 1.67. The number of carbonyl (C=O) groups is 2. The maximum absolute atomic E-state index is 13.3. The molecular formula is C13H16FNO2. The Morgan fingerprint density at radius 2 is 1.88 bits per heavy atom. The van der Waals surface area contributed by atoms with E-state index < -0.39 is 0 Å². The number of amides is 1. The van der Waals surface area contributed by atoms with E-state index in [2.05, 4.69) is 0 Å². The maximum atomic E-state index is 13.3. The molecule has 1 rings (SSSR count). The topological polar surface area (TPSA) is 37.4 Å². The lowest BCUT2D eigenvalue weighted by molar-refractivity contribution is -0.132. The lowest BCUT2D eigenvalue weighted by Gasteiger charge is -2.17. The van der Waals surface area contributed by atoms with Crippen LogP contribution in [0.2, 0.25) is 0 Å². The van der Waals surface area contributed by atoms with E-state index >= 15 is 0 Å². The standard InChI is InChI=1S/C13H16FNO2/c1-10(16)7-8-13(17)15(2)9-11-5-3-4-6-12(11)14/h3-6H,7-9H2,1-2H3. The molecule has 92 valence electrons. The number of hydrogen-bond donors (Lipinski definition) is 0. The molecule has 0 radical (unpaired) electrons. The second-order valence-electron chi connectivity index (χ2n) is 4.04. The Kier molecular flexibility index (Phi) is 4.82. The van der Waals surface area contributed by atoms with Crippen LogP contribution >= 0.6 is 0 Å². The molecule has 0 spiro atoms. The summed E-state index contributed by atoms with van der Waals surface area (Å²) in [4.78, 5) is 23.8. The van der Waals surface area contributed by atoms with Crippen molar-refractivity contribution in [3.63, 3.8) is 0 Å². The van der Waals surface area contributed by atoms with Gasteiger partial charge in [0.2, 0.25) is 5.91 Å². The van der Waals surface area contributed by atoms with Crippen LogP contribution in [0.4, 0.5) is 4.39 Å². The van der Waals surface area contributed by atoms with Gasteiger partial charge in [0.15, 0.2) is 0 Å². The number of carbonyl (C=O) groups excluding carboxylic acids is 2. The van der Waals surface area contributed by atoms with Crippen LogP contribution in [0.5, 0.6) is 0 Å². The zero-order valence-corrected chi connectivity index (χ0v) is 10.1. The summed E-state index contributed by atoms with van der Waals surface area (Å²) < 4.78 is 13.3. The Labute approximate surface area is 100 Å². The molecule has 0 aromatic heterocycles. The highest BCUT2D eigenvalue weighted by atomic mass is 19.1. The highest BCUT2D eigenvalue weighted by molar-refractivity contribution is 5.83. The molecule has 4 heteroatoms. The number of benzene rings is 1. The summed E-state index contributed by atoms with van der Waals surface area (Å²) in [5, 5.41) is 0. The van der Waals surface area contributed by atoms with E-state index in [9.17, 15) is 14.0 Å². The molecule has 0 heterocycles. The molecule has 3 nitrogen and oxygen atoms in total. The van der Waals surface area contributed by atoms with Crippen molar-refractivity contribution in [2.75, 3.05) is 7.05 Å². The fourth-order valence-corrected chi connectivity index (χ4v) is 1.44. The smallest absolute Gasteiger partial charge is 0.223 e. The highest BCUT2D eigenvalue weighted by Gasteiger charge is 2.11. The van der Waals surface area contributed by atoms with Gasteiger partial charge in [-0.25, -0.2) is 4.39 Å². The molecule has 0 fully saturated rings.